The molecule has 0 aromatic heterocycles. The zero-order valence-electron chi connectivity index (χ0n) is 11.5. The van der Waals surface area contributed by atoms with Crippen molar-refractivity contribution in [1.82, 2.24) is 5.32 Å². The quantitative estimate of drug-likeness (QED) is 0.890. The molecule has 18 heavy (non-hydrogen) atoms. The van der Waals surface area contributed by atoms with Crippen LogP contribution < -0.4 is 10.1 Å². The molecular formula is C15H23NO2. The average molecular weight is 249 g/mol. The van der Waals surface area contributed by atoms with E-state index < -0.39 is 0 Å². The Morgan fingerprint density at radius 2 is 2.17 bits per heavy atom. The topological polar surface area (TPSA) is 30.5 Å². The maximum Gasteiger partial charge on any atom is 0.119 e. The first-order valence-electron chi connectivity index (χ1n) is 6.75. The van der Waals surface area contributed by atoms with Gasteiger partial charge in [-0.05, 0) is 30.5 Å². The number of methoxy groups -OCH3 is 1. The Bertz CT molecular complexity index is 388. The van der Waals surface area contributed by atoms with E-state index in [1.54, 1.807) is 7.11 Å². The molecule has 0 aliphatic carbocycles. The monoisotopic (exact) mass is 249 g/mol. The van der Waals surface area contributed by atoms with Crippen LogP contribution in [0.4, 0.5) is 0 Å². The van der Waals surface area contributed by atoms with Crippen LogP contribution in [0.5, 0.6) is 5.75 Å². The minimum atomic E-state index is -0.0218. The Labute approximate surface area is 109 Å². The molecule has 1 saturated heterocycles. The third kappa shape index (κ3) is 2.68. The second-order valence-electron chi connectivity index (χ2n) is 4.90. The molecule has 1 aliphatic rings. The van der Waals surface area contributed by atoms with Crippen LogP contribution in [0.1, 0.15) is 38.4 Å². The van der Waals surface area contributed by atoms with Gasteiger partial charge < -0.3 is 14.8 Å². The van der Waals surface area contributed by atoms with Gasteiger partial charge in [-0.25, -0.2) is 0 Å². The Morgan fingerprint density at radius 3 is 2.83 bits per heavy atom. The third-order valence-corrected chi connectivity index (χ3v) is 3.92. The SMILES string of the molecule is CCC1(CC)CNCC(c2cccc(OC)c2)O1. The average Bonchev–Trinajstić information content (AvgIpc) is 2.47. The summed E-state index contributed by atoms with van der Waals surface area (Å²) in [5.74, 6) is 0.889. The van der Waals surface area contributed by atoms with Crippen molar-refractivity contribution in [2.45, 2.75) is 38.4 Å². The van der Waals surface area contributed by atoms with Gasteiger partial charge in [0.25, 0.3) is 0 Å². The molecule has 0 amide bonds. The Balaban J connectivity index is 2.17. The van der Waals surface area contributed by atoms with Crippen LogP contribution in [-0.2, 0) is 4.74 Å². The summed E-state index contributed by atoms with van der Waals surface area (Å²) in [5, 5.41) is 3.50. The van der Waals surface area contributed by atoms with E-state index in [-0.39, 0.29) is 11.7 Å². The van der Waals surface area contributed by atoms with E-state index in [0.717, 1.165) is 31.7 Å². The van der Waals surface area contributed by atoms with Crippen LogP contribution in [0, 0.1) is 0 Å². The summed E-state index contributed by atoms with van der Waals surface area (Å²) in [6, 6.07) is 8.16. The molecule has 0 bridgehead atoms. The summed E-state index contributed by atoms with van der Waals surface area (Å²) < 4.78 is 11.6. The number of benzene rings is 1. The minimum Gasteiger partial charge on any atom is -0.497 e. The zero-order valence-corrected chi connectivity index (χ0v) is 11.5. The summed E-state index contributed by atoms with van der Waals surface area (Å²) in [5.41, 5.74) is 1.17. The number of hydrogen-bond acceptors (Lipinski definition) is 3. The number of rotatable bonds is 4. The van der Waals surface area contributed by atoms with E-state index in [1.165, 1.54) is 5.56 Å². The van der Waals surface area contributed by atoms with Crippen LogP contribution in [0.2, 0.25) is 0 Å². The number of nitrogens with one attached hydrogen (secondary N) is 1. The van der Waals surface area contributed by atoms with Crippen molar-refractivity contribution in [3.05, 3.63) is 29.8 Å². The standard InChI is InChI=1S/C15H23NO2/c1-4-15(5-2)11-16-10-14(18-15)12-7-6-8-13(9-12)17-3/h6-9,14,16H,4-5,10-11H2,1-3H3. The van der Waals surface area contributed by atoms with Crippen molar-refractivity contribution < 1.29 is 9.47 Å². The molecule has 3 heteroatoms. The highest BCUT2D eigenvalue weighted by Gasteiger charge is 2.34. The molecule has 0 radical (unpaired) electrons. The van der Waals surface area contributed by atoms with Crippen molar-refractivity contribution >= 4 is 0 Å². The number of hydrogen-bond donors (Lipinski definition) is 1. The third-order valence-electron chi connectivity index (χ3n) is 3.92. The highest BCUT2D eigenvalue weighted by atomic mass is 16.5. The fraction of sp³-hybridized carbons (Fsp3) is 0.600. The Hall–Kier alpha value is -1.06. The van der Waals surface area contributed by atoms with Crippen molar-refractivity contribution in [3.8, 4) is 5.75 Å². The fourth-order valence-electron chi connectivity index (χ4n) is 2.51. The summed E-state index contributed by atoms with van der Waals surface area (Å²) >= 11 is 0. The first-order valence-corrected chi connectivity index (χ1v) is 6.75. The Kier molecular flexibility index (Phi) is 4.25. The van der Waals surface area contributed by atoms with Gasteiger partial charge in [-0.15, -0.1) is 0 Å². The Morgan fingerprint density at radius 1 is 1.39 bits per heavy atom. The second-order valence-corrected chi connectivity index (χ2v) is 4.90. The summed E-state index contributed by atoms with van der Waals surface area (Å²) in [7, 11) is 1.70. The molecular weight excluding hydrogens is 226 g/mol. The van der Waals surface area contributed by atoms with E-state index in [4.69, 9.17) is 9.47 Å². The molecule has 1 aromatic carbocycles. The van der Waals surface area contributed by atoms with Gasteiger partial charge in [0.15, 0.2) is 0 Å². The highest BCUT2D eigenvalue weighted by Crippen LogP contribution is 2.32. The molecule has 3 nitrogen and oxygen atoms in total. The predicted molar refractivity (Wildman–Crippen MR) is 73.0 cm³/mol. The second kappa shape index (κ2) is 5.72. The molecule has 1 fully saturated rings. The number of ether oxygens (including phenoxy) is 2. The minimum absolute atomic E-state index is 0.0218. The summed E-state index contributed by atoms with van der Waals surface area (Å²) in [6.45, 7) is 6.20. The first-order chi connectivity index (χ1) is 8.73. The molecule has 100 valence electrons. The van der Waals surface area contributed by atoms with Crippen LogP contribution in [0.15, 0.2) is 24.3 Å². The molecule has 1 N–H and O–H groups in total. The molecule has 1 aromatic rings. The van der Waals surface area contributed by atoms with Gasteiger partial charge in [0.05, 0.1) is 18.8 Å². The lowest BCUT2D eigenvalue weighted by molar-refractivity contribution is -0.122. The maximum atomic E-state index is 6.34. The lowest BCUT2D eigenvalue weighted by Crippen LogP contribution is -2.50. The molecule has 0 spiro atoms. The fourth-order valence-corrected chi connectivity index (χ4v) is 2.51. The predicted octanol–water partition coefficient (Wildman–Crippen LogP) is 2.91. The maximum absolute atomic E-state index is 6.34. The summed E-state index contributed by atoms with van der Waals surface area (Å²) in [4.78, 5) is 0. The van der Waals surface area contributed by atoms with E-state index in [1.807, 2.05) is 12.1 Å². The first kappa shape index (κ1) is 13.4. The summed E-state index contributed by atoms with van der Waals surface area (Å²) in [6.07, 6.45) is 2.20. The van der Waals surface area contributed by atoms with Gasteiger partial charge in [0.2, 0.25) is 0 Å². The normalized spacial score (nSPS) is 22.7. The molecule has 1 atom stereocenters. The smallest absolute Gasteiger partial charge is 0.119 e. The van der Waals surface area contributed by atoms with Crippen molar-refractivity contribution in [2.75, 3.05) is 20.2 Å². The van der Waals surface area contributed by atoms with Crippen molar-refractivity contribution in [2.24, 2.45) is 0 Å². The van der Waals surface area contributed by atoms with Gasteiger partial charge in [0, 0.05) is 13.1 Å². The van der Waals surface area contributed by atoms with Gasteiger partial charge in [-0.3, -0.25) is 0 Å². The van der Waals surface area contributed by atoms with Crippen LogP contribution in [0.25, 0.3) is 0 Å². The molecule has 1 heterocycles. The van der Waals surface area contributed by atoms with Crippen molar-refractivity contribution in [3.63, 3.8) is 0 Å². The zero-order chi connectivity index (χ0) is 13.0. The van der Waals surface area contributed by atoms with Gasteiger partial charge in [0.1, 0.15) is 5.75 Å². The van der Waals surface area contributed by atoms with Gasteiger partial charge >= 0.3 is 0 Å². The largest absolute Gasteiger partial charge is 0.497 e. The van der Waals surface area contributed by atoms with E-state index >= 15 is 0 Å². The lowest BCUT2D eigenvalue weighted by Gasteiger charge is -2.41. The van der Waals surface area contributed by atoms with Gasteiger partial charge in [-0.1, -0.05) is 26.0 Å². The molecule has 0 saturated carbocycles. The lowest BCUT2D eigenvalue weighted by atomic mass is 9.93. The van der Waals surface area contributed by atoms with Gasteiger partial charge in [-0.2, -0.15) is 0 Å². The van der Waals surface area contributed by atoms with Crippen molar-refractivity contribution in [1.29, 1.82) is 0 Å². The number of morpholine rings is 1. The van der Waals surface area contributed by atoms with E-state index in [0.29, 0.717) is 0 Å². The van der Waals surface area contributed by atoms with E-state index in [9.17, 15) is 0 Å². The molecule has 1 aliphatic heterocycles. The van der Waals surface area contributed by atoms with Crippen LogP contribution >= 0.6 is 0 Å². The molecule has 2 rings (SSSR count). The molecule has 1 unspecified atom stereocenters. The highest BCUT2D eigenvalue weighted by molar-refractivity contribution is 5.30. The van der Waals surface area contributed by atoms with E-state index in [2.05, 4.69) is 31.3 Å². The van der Waals surface area contributed by atoms with Crippen LogP contribution in [-0.4, -0.2) is 25.8 Å². The van der Waals surface area contributed by atoms with Crippen LogP contribution in [0.3, 0.4) is 0 Å².